The number of carboxylic acids is 1. The Morgan fingerprint density at radius 3 is 2.76 bits per heavy atom. The van der Waals surface area contributed by atoms with Gasteiger partial charge in [-0.3, -0.25) is 4.79 Å². The van der Waals surface area contributed by atoms with Gasteiger partial charge in [0, 0.05) is 11.4 Å². The molecule has 21 heavy (non-hydrogen) atoms. The summed E-state index contributed by atoms with van der Waals surface area (Å²) in [7, 11) is 0. The van der Waals surface area contributed by atoms with Crippen molar-refractivity contribution < 1.29 is 14.7 Å². The minimum Gasteiger partial charge on any atom is -0.480 e. The molecular formula is C16H23NO3S. The molecule has 1 aromatic rings. The van der Waals surface area contributed by atoms with Crippen molar-refractivity contribution in [2.75, 3.05) is 6.54 Å². The zero-order valence-corrected chi connectivity index (χ0v) is 13.5. The van der Waals surface area contributed by atoms with Gasteiger partial charge in [0.05, 0.1) is 4.88 Å². The molecule has 0 saturated carbocycles. The Hall–Kier alpha value is -1.36. The summed E-state index contributed by atoms with van der Waals surface area (Å²) >= 11 is 1.54. The lowest BCUT2D eigenvalue weighted by Crippen LogP contribution is -2.47. The van der Waals surface area contributed by atoms with Gasteiger partial charge in [0.1, 0.15) is 6.04 Å². The second-order valence-electron chi connectivity index (χ2n) is 5.51. The van der Waals surface area contributed by atoms with Crippen LogP contribution in [0.3, 0.4) is 0 Å². The molecular weight excluding hydrogens is 286 g/mol. The number of carboxylic acid groups (broad SMARTS) is 1. The summed E-state index contributed by atoms with van der Waals surface area (Å²) in [6.45, 7) is 4.78. The number of aryl methyl sites for hydroxylation is 2. The van der Waals surface area contributed by atoms with Gasteiger partial charge in [0.15, 0.2) is 0 Å². The first-order valence-corrected chi connectivity index (χ1v) is 8.55. The zero-order chi connectivity index (χ0) is 15.4. The molecule has 1 atom stereocenters. The first-order chi connectivity index (χ1) is 10.1. The minimum absolute atomic E-state index is 0.107. The highest BCUT2D eigenvalue weighted by Gasteiger charge is 2.33. The fraction of sp³-hybridized carbons (Fsp3) is 0.625. The molecule has 0 spiro atoms. The van der Waals surface area contributed by atoms with Crippen LogP contribution < -0.4 is 0 Å². The SMILES string of the molecule is CCCc1sc(C(=O)N2CCCC[C@H]2C(=O)O)cc1CC. The van der Waals surface area contributed by atoms with E-state index in [-0.39, 0.29) is 5.91 Å². The van der Waals surface area contributed by atoms with E-state index in [4.69, 9.17) is 0 Å². The van der Waals surface area contributed by atoms with Gasteiger partial charge in [0.25, 0.3) is 5.91 Å². The number of carbonyl (C=O) groups is 2. The van der Waals surface area contributed by atoms with E-state index in [0.717, 1.165) is 32.1 Å². The van der Waals surface area contributed by atoms with E-state index in [1.807, 2.05) is 6.07 Å². The maximum Gasteiger partial charge on any atom is 0.326 e. The summed E-state index contributed by atoms with van der Waals surface area (Å²) in [6, 6.07) is 1.30. The molecule has 0 radical (unpaired) electrons. The lowest BCUT2D eigenvalue weighted by molar-refractivity contribution is -0.143. The number of piperidine rings is 1. The van der Waals surface area contributed by atoms with Crippen LogP contribution in [0, 0.1) is 0 Å². The van der Waals surface area contributed by atoms with Crippen molar-refractivity contribution in [3.05, 3.63) is 21.4 Å². The van der Waals surface area contributed by atoms with E-state index >= 15 is 0 Å². The molecule has 1 aliphatic heterocycles. The number of aliphatic carboxylic acids is 1. The van der Waals surface area contributed by atoms with Crippen molar-refractivity contribution in [1.82, 2.24) is 4.90 Å². The number of hydrogen-bond acceptors (Lipinski definition) is 3. The predicted molar refractivity (Wildman–Crippen MR) is 84.0 cm³/mol. The van der Waals surface area contributed by atoms with Gasteiger partial charge in [-0.2, -0.15) is 0 Å². The van der Waals surface area contributed by atoms with Crippen molar-refractivity contribution >= 4 is 23.2 Å². The molecule has 4 nitrogen and oxygen atoms in total. The van der Waals surface area contributed by atoms with Gasteiger partial charge in [-0.25, -0.2) is 4.79 Å². The maximum absolute atomic E-state index is 12.7. The molecule has 0 aromatic carbocycles. The van der Waals surface area contributed by atoms with Gasteiger partial charge >= 0.3 is 5.97 Å². The average Bonchev–Trinajstić information content (AvgIpc) is 2.90. The molecule has 1 aromatic heterocycles. The molecule has 1 aliphatic rings. The fourth-order valence-corrected chi connectivity index (χ4v) is 4.19. The summed E-state index contributed by atoms with van der Waals surface area (Å²) in [5.74, 6) is -0.992. The van der Waals surface area contributed by atoms with Crippen LogP contribution in [0.2, 0.25) is 0 Å². The average molecular weight is 309 g/mol. The summed E-state index contributed by atoms with van der Waals surface area (Å²) < 4.78 is 0. The van der Waals surface area contributed by atoms with Gasteiger partial charge in [0.2, 0.25) is 0 Å². The highest BCUT2D eigenvalue weighted by atomic mass is 32.1. The van der Waals surface area contributed by atoms with Crippen LogP contribution in [-0.4, -0.2) is 34.5 Å². The molecule has 1 amide bonds. The van der Waals surface area contributed by atoms with Crippen LogP contribution in [0.25, 0.3) is 0 Å². The number of carbonyl (C=O) groups excluding carboxylic acids is 1. The third kappa shape index (κ3) is 3.46. The van der Waals surface area contributed by atoms with E-state index in [0.29, 0.717) is 17.8 Å². The van der Waals surface area contributed by atoms with Gasteiger partial charge < -0.3 is 10.0 Å². The van der Waals surface area contributed by atoms with Crippen molar-refractivity contribution in [2.45, 2.75) is 58.4 Å². The Kier molecular flexibility index (Phi) is 5.39. The Bertz CT molecular complexity index is 524. The van der Waals surface area contributed by atoms with E-state index in [9.17, 15) is 14.7 Å². The van der Waals surface area contributed by atoms with Crippen LogP contribution in [-0.2, 0) is 17.6 Å². The molecule has 0 aliphatic carbocycles. The maximum atomic E-state index is 12.7. The molecule has 116 valence electrons. The zero-order valence-electron chi connectivity index (χ0n) is 12.7. The summed E-state index contributed by atoms with van der Waals surface area (Å²) in [5.41, 5.74) is 1.23. The van der Waals surface area contributed by atoms with Crippen LogP contribution in [0.1, 0.15) is 59.6 Å². The summed E-state index contributed by atoms with van der Waals surface area (Å²) in [5, 5.41) is 9.30. The summed E-state index contributed by atoms with van der Waals surface area (Å²) in [6.07, 6.45) is 5.30. The molecule has 1 saturated heterocycles. The molecule has 2 heterocycles. The second kappa shape index (κ2) is 7.07. The van der Waals surface area contributed by atoms with Gasteiger partial charge in [-0.05, 0) is 43.7 Å². The Balaban J connectivity index is 2.23. The highest BCUT2D eigenvalue weighted by Crippen LogP contribution is 2.28. The molecule has 0 bridgehead atoms. The van der Waals surface area contributed by atoms with Crippen LogP contribution in [0.15, 0.2) is 6.07 Å². The monoisotopic (exact) mass is 309 g/mol. The van der Waals surface area contributed by atoms with Crippen molar-refractivity contribution in [3.8, 4) is 0 Å². The van der Waals surface area contributed by atoms with E-state index in [1.54, 1.807) is 16.2 Å². The largest absolute Gasteiger partial charge is 0.480 e. The molecule has 5 heteroatoms. The first-order valence-electron chi connectivity index (χ1n) is 7.73. The Morgan fingerprint density at radius 1 is 1.38 bits per heavy atom. The lowest BCUT2D eigenvalue weighted by Gasteiger charge is -2.32. The Labute approximate surface area is 129 Å². The van der Waals surface area contributed by atoms with Gasteiger partial charge in [-0.15, -0.1) is 11.3 Å². The second-order valence-corrected chi connectivity index (χ2v) is 6.65. The minimum atomic E-state index is -0.885. The molecule has 0 unspecified atom stereocenters. The number of hydrogen-bond donors (Lipinski definition) is 1. The molecule has 1 N–H and O–H groups in total. The van der Waals surface area contributed by atoms with E-state index in [1.165, 1.54) is 10.4 Å². The van der Waals surface area contributed by atoms with Crippen LogP contribution in [0.5, 0.6) is 0 Å². The van der Waals surface area contributed by atoms with E-state index in [2.05, 4.69) is 13.8 Å². The number of likely N-dealkylation sites (tertiary alicyclic amines) is 1. The number of thiophene rings is 1. The third-order valence-corrected chi connectivity index (χ3v) is 5.24. The van der Waals surface area contributed by atoms with Crippen LogP contribution in [0.4, 0.5) is 0 Å². The number of nitrogens with zero attached hydrogens (tertiary/aromatic N) is 1. The third-order valence-electron chi connectivity index (χ3n) is 4.01. The standard InChI is InChI=1S/C16H23NO3S/c1-3-7-13-11(4-2)10-14(21-13)15(18)17-9-6-5-8-12(17)16(19)20/h10,12H,3-9H2,1-2H3,(H,19,20)/t12-/m0/s1. The normalized spacial score (nSPS) is 18.8. The lowest BCUT2D eigenvalue weighted by atomic mass is 10.0. The van der Waals surface area contributed by atoms with Crippen molar-refractivity contribution in [2.24, 2.45) is 0 Å². The van der Waals surface area contributed by atoms with E-state index < -0.39 is 12.0 Å². The topological polar surface area (TPSA) is 57.6 Å². The number of amides is 1. The summed E-state index contributed by atoms with van der Waals surface area (Å²) in [4.78, 5) is 27.5. The van der Waals surface area contributed by atoms with Gasteiger partial charge in [-0.1, -0.05) is 20.3 Å². The fourth-order valence-electron chi connectivity index (χ4n) is 2.88. The highest BCUT2D eigenvalue weighted by molar-refractivity contribution is 7.14. The van der Waals surface area contributed by atoms with Crippen LogP contribution >= 0.6 is 11.3 Å². The molecule has 2 rings (SSSR count). The van der Waals surface area contributed by atoms with Crippen molar-refractivity contribution in [3.63, 3.8) is 0 Å². The Morgan fingerprint density at radius 2 is 2.14 bits per heavy atom. The van der Waals surface area contributed by atoms with Crippen molar-refractivity contribution in [1.29, 1.82) is 0 Å². The number of rotatable bonds is 5. The first kappa shape index (κ1) is 16.0. The quantitative estimate of drug-likeness (QED) is 0.907. The predicted octanol–water partition coefficient (Wildman–Crippen LogP) is 3.34. The smallest absolute Gasteiger partial charge is 0.326 e. The molecule has 1 fully saturated rings.